The van der Waals surface area contributed by atoms with Crippen LogP contribution in [0.25, 0.3) is 0 Å². The lowest BCUT2D eigenvalue weighted by Gasteiger charge is -2.22. The van der Waals surface area contributed by atoms with E-state index >= 15 is 0 Å². The zero-order valence-electron chi connectivity index (χ0n) is 16.9. The molecule has 0 radical (unpaired) electrons. The van der Waals surface area contributed by atoms with E-state index in [-0.39, 0.29) is 16.6 Å². The lowest BCUT2D eigenvalue weighted by molar-refractivity contribution is 0.0989. The zero-order valence-corrected chi connectivity index (χ0v) is 19.3. The van der Waals surface area contributed by atoms with Gasteiger partial charge in [0.15, 0.2) is 0 Å². The molecule has 2 aliphatic heterocycles. The highest BCUT2D eigenvalue weighted by Gasteiger charge is 2.31. The Labute approximate surface area is 186 Å². The molecule has 2 heterocycles. The van der Waals surface area contributed by atoms with Gasteiger partial charge in [0.05, 0.1) is 7.11 Å². The minimum atomic E-state index is -3.74. The Kier molecular flexibility index (Phi) is 6.18. The molecular weight excluding hydrogens is 468 g/mol. The molecule has 0 spiro atoms. The summed E-state index contributed by atoms with van der Waals surface area (Å²) < 4.78 is 34.6. The normalized spacial score (nSPS) is 17.5. The fourth-order valence-electron chi connectivity index (χ4n) is 4.17. The summed E-state index contributed by atoms with van der Waals surface area (Å²) in [7, 11) is -2.29. The second-order valence-corrected chi connectivity index (χ2v) is 10.5. The van der Waals surface area contributed by atoms with E-state index < -0.39 is 10.0 Å². The van der Waals surface area contributed by atoms with E-state index in [1.165, 1.54) is 17.5 Å². The molecule has 1 fully saturated rings. The number of nitrogens with zero attached hydrogens (tertiary/aromatic N) is 2. The van der Waals surface area contributed by atoms with Crippen molar-refractivity contribution in [1.29, 1.82) is 0 Å². The third-order valence-electron chi connectivity index (χ3n) is 5.78. The average Bonchev–Trinajstić information content (AvgIpc) is 2.96. The van der Waals surface area contributed by atoms with Gasteiger partial charge >= 0.3 is 0 Å². The summed E-state index contributed by atoms with van der Waals surface area (Å²) in [4.78, 5) is 15.0. The van der Waals surface area contributed by atoms with Crippen LogP contribution in [0.5, 0.6) is 5.75 Å². The molecule has 2 aliphatic rings. The Hall–Kier alpha value is -1.90. The fourth-order valence-corrected chi connectivity index (χ4v) is 6.28. The smallest absolute Gasteiger partial charge is 0.258 e. The summed E-state index contributed by atoms with van der Waals surface area (Å²) in [5, 5.41) is 0. The maximum Gasteiger partial charge on any atom is 0.258 e. The predicted octanol–water partition coefficient (Wildman–Crippen LogP) is 4.23. The molecule has 0 bridgehead atoms. The number of anilines is 1. The minimum absolute atomic E-state index is 0.0629. The number of halogens is 1. The van der Waals surface area contributed by atoms with Gasteiger partial charge < -0.3 is 9.64 Å². The average molecular weight is 493 g/mol. The van der Waals surface area contributed by atoms with Crippen LogP contribution >= 0.6 is 15.9 Å². The molecule has 8 heteroatoms. The number of hydrogen-bond donors (Lipinski definition) is 0. The number of ether oxygens (including phenoxy) is 1. The van der Waals surface area contributed by atoms with Gasteiger partial charge in [-0.3, -0.25) is 4.79 Å². The van der Waals surface area contributed by atoms with Crippen molar-refractivity contribution < 1.29 is 17.9 Å². The zero-order chi connectivity index (χ0) is 21.3. The van der Waals surface area contributed by atoms with Crippen LogP contribution in [-0.2, 0) is 16.4 Å². The van der Waals surface area contributed by atoms with E-state index in [0.29, 0.717) is 25.2 Å². The molecule has 0 aliphatic carbocycles. The molecule has 0 unspecified atom stereocenters. The van der Waals surface area contributed by atoms with Crippen LogP contribution in [0.15, 0.2) is 45.8 Å². The third-order valence-corrected chi connectivity index (χ3v) is 8.19. The summed E-state index contributed by atoms with van der Waals surface area (Å²) >= 11 is 3.47. The first-order chi connectivity index (χ1) is 14.4. The number of carbonyl (C=O) groups excluding carboxylic acids is 1. The maximum atomic E-state index is 13.4. The number of methoxy groups -OCH3 is 1. The molecule has 1 amide bonds. The molecule has 2 aromatic rings. The Balaban J connectivity index is 1.69. The molecular formula is C22H25BrN2O4S. The van der Waals surface area contributed by atoms with Gasteiger partial charge in [0.1, 0.15) is 10.6 Å². The number of sulfonamides is 1. The second-order valence-electron chi connectivity index (χ2n) is 7.66. The third kappa shape index (κ3) is 4.00. The van der Waals surface area contributed by atoms with Crippen molar-refractivity contribution in [2.75, 3.05) is 31.6 Å². The van der Waals surface area contributed by atoms with E-state index in [1.807, 2.05) is 18.2 Å². The van der Waals surface area contributed by atoms with Crippen LogP contribution in [0.2, 0.25) is 0 Å². The van der Waals surface area contributed by atoms with Crippen LogP contribution in [0.1, 0.15) is 41.6 Å². The number of benzene rings is 2. The Bertz CT molecular complexity index is 1060. The van der Waals surface area contributed by atoms with Gasteiger partial charge in [-0.2, -0.15) is 4.31 Å². The van der Waals surface area contributed by atoms with Crippen molar-refractivity contribution in [3.63, 3.8) is 0 Å². The SMILES string of the molecule is COc1ccc(C(=O)N2CCc3cc(Br)ccc32)cc1S(=O)(=O)N1CCCCCC1. The molecule has 30 heavy (non-hydrogen) atoms. The van der Waals surface area contributed by atoms with Gasteiger partial charge in [-0.15, -0.1) is 0 Å². The summed E-state index contributed by atoms with van der Waals surface area (Å²) in [6.07, 6.45) is 4.54. The van der Waals surface area contributed by atoms with Crippen molar-refractivity contribution in [2.24, 2.45) is 0 Å². The molecule has 4 rings (SSSR count). The second kappa shape index (κ2) is 8.69. The number of hydrogen-bond acceptors (Lipinski definition) is 4. The van der Waals surface area contributed by atoms with Crippen LogP contribution < -0.4 is 9.64 Å². The Morgan fingerprint density at radius 3 is 2.43 bits per heavy atom. The highest BCUT2D eigenvalue weighted by atomic mass is 79.9. The van der Waals surface area contributed by atoms with Crippen molar-refractivity contribution in [1.82, 2.24) is 4.31 Å². The van der Waals surface area contributed by atoms with Crippen LogP contribution in [0.3, 0.4) is 0 Å². The van der Waals surface area contributed by atoms with Crippen molar-refractivity contribution in [3.05, 3.63) is 52.0 Å². The molecule has 160 valence electrons. The van der Waals surface area contributed by atoms with Gasteiger partial charge in [-0.1, -0.05) is 28.8 Å². The van der Waals surface area contributed by atoms with Crippen LogP contribution in [-0.4, -0.2) is 45.4 Å². The predicted molar refractivity (Wildman–Crippen MR) is 120 cm³/mol. The first-order valence-electron chi connectivity index (χ1n) is 10.2. The summed E-state index contributed by atoms with van der Waals surface area (Å²) in [5.74, 6) is 0.0626. The number of amides is 1. The van der Waals surface area contributed by atoms with Crippen LogP contribution in [0, 0.1) is 0 Å². The topological polar surface area (TPSA) is 66.9 Å². The molecule has 2 aromatic carbocycles. The Morgan fingerprint density at radius 1 is 1.00 bits per heavy atom. The van der Waals surface area contributed by atoms with Crippen molar-refractivity contribution in [3.8, 4) is 5.75 Å². The Morgan fingerprint density at radius 2 is 1.73 bits per heavy atom. The van der Waals surface area contributed by atoms with E-state index in [4.69, 9.17) is 4.74 Å². The van der Waals surface area contributed by atoms with E-state index in [9.17, 15) is 13.2 Å². The molecule has 1 saturated heterocycles. The van der Waals surface area contributed by atoms with Gasteiger partial charge in [0, 0.05) is 35.4 Å². The van der Waals surface area contributed by atoms with Crippen molar-refractivity contribution >= 4 is 37.5 Å². The summed E-state index contributed by atoms with van der Waals surface area (Å²) in [6, 6.07) is 10.5. The monoisotopic (exact) mass is 492 g/mol. The fraction of sp³-hybridized carbons (Fsp3) is 0.409. The van der Waals surface area contributed by atoms with Gasteiger partial charge in [-0.05, 0) is 61.2 Å². The first kappa shape index (κ1) is 21.3. The van der Waals surface area contributed by atoms with Crippen LogP contribution in [0.4, 0.5) is 5.69 Å². The standard InChI is InChI=1S/C22H25BrN2O4S/c1-29-20-9-6-17(15-21(20)30(27,28)24-11-4-2-3-5-12-24)22(26)25-13-10-16-14-18(23)7-8-19(16)25/h6-9,14-15H,2-5,10-13H2,1H3. The number of carbonyl (C=O) groups is 1. The molecule has 0 aromatic heterocycles. The first-order valence-corrected chi connectivity index (χ1v) is 12.4. The number of fused-ring (bicyclic) bond motifs is 1. The molecule has 0 saturated carbocycles. The van der Waals surface area contributed by atoms with Crippen molar-refractivity contribution in [2.45, 2.75) is 37.0 Å². The molecule has 6 nitrogen and oxygen atoms in total. The summed E-state index contributed by atoms with van der Waals surface area (Å²) in [6.45, 7) is 1.57. The quantitative estimate of drug-likeness (QED) is 0.640. The largest absolute Gasteiger partial charge is 0.495 e. The van der Waals surface area contributed by atoms with E-state index in [1.54, 1.807) is 17.0 Å². The number of rotatable bonds is 4. The molecule has 0 atom stereocenters. The lowest BCUT2D eigenvalue weighted by Crippen LogP contribution is -2.33. The maximum absolute atomic E-state index is 13.4. The van der Waals surface area contributed by atoms with Gasteiger partial charge in [0.2, 0.25) is 10.0 Å². The van der Waals surface area contributed by atoms with Gasteiger partial charge in [-0.25, -0.2) is 8.42 Å². The highest BCUT2D eigenvalue weighted by Crippen LogP contribution is 2.34. The summed E-state index contributed by atoms with van der Waals surface area (Å²) in [5.41, 5.74) is 2.32. The van der Waals surface area contributed by atoms with Gasteiger partial charge in [0.25, 0.3) is 5.91 Å². The highest BCUT2D eigenvalue weighted by molar-refractivity contribution is 9.10. The van der Waals surface area contributed by atoms with E-state index in [2.05, 4.69) is 15.9 Å². The molecule has 0 N–H and O–H groups in total. The minimum Gasteiger partial charge on any atom is -0.495 e. The lowest BCUT2D eigenvalue weighted by atomic mass is 10.1. The van der Waals surface area contributed by atoms with E-state index in [0.717, 1.165) is 47.8 Å².